The van der Waals surface area contributed by atoms with Crippen LogP contribution in [0, 0.1) is 12.7 Å². The quantitative estimate of drug-likeness (QED) is 0.273. The van der Waals surface area contributed by atoms with Crippen LogP contribution in [0.25, 0.3) is 5.70 Å². The van der Waals surface area contributed by atoms with Gasteiger partial charge in [0, 0.05) is 46.8 Å². The average Bonchev–Trinajstić information content (AvgIpc) is 2.81. The summed E-state index contributed by atoms with van der Waals surface area (Å²) in [6.07, 6.45) is 1.75. The summed E-state index contributed by atoms with van der Waals surface area (Å²) in [6, 6.07) is 16.8. The number of aryl methyl sites for hydroxylation is 1. The zero-order chi connectivity index (χ0) is 24.0. The molecule has 0 amide bonds. The molecule has 2 unspecified atom stereocenters. The Bertz CT molecular complexity index is 1150. The molecule has 0 aliphatic rings. The summed E-state index contributed by atoms with van der Waals surface area (Å²) in [7, 11) is 8.59. The molecule has 0 fully saturated rings. The highest BCUT2D eigenvalue weighted by atomic mass is 31.1. The lowest BCUT2D eigenvalue weighted by Gasteiger charge is -2.28. The van der Waals surface area contributed by atoms with E-state index in [1.54, 1.807) is 26.4 Å². The summed E-state index contributed by atoms with van der Waals surface area (Å²) >= 11 is 0. The summed E-state index contributed by atoms with van der Waals surface area (Å²) in [6.45, 7) is 6.63. The third kappa shape index (κ3) is 6.37. The molecule has 0 spiro atoms. The summed E-state index contributed by atoms with van der Waals surface area (Å²) < 4.78 is 19.7. The molecule has 0 aliphatic heterocycles. The fraction of sp³-hybridized carbons (Fsp3) is 0.200. The van der Waals surface area contributed by atoms with Crippen molar-refractivity contribution in [3.05, 3.63) is 95.6 Å². The maximum absolute atomic E-state index is 14.4. The number of ether oxygens (including phenoxy) is 1. The van der Waals surface area contributed by atoms with Crippen LogP contribution in [-0.2, 0) is 6.54 Å². The van der Waals surface area contributed by atoms with Crippen molar-refractivity contribution in [3.8, 4) is 5.75 Å². The highest BCUT2D eigenvalue weighted by molar-refractivity contribution is 7.37. The fourth-order valence-electron chi connectivity index (χ4n) is 3.34. The molecule has 3 rings (SSSR count). The monoisotopic (exact) mass is 482 g/mol. The maximum Gasteiger partial charge on any atom is 0.203 e. The van der Waals surface area contributed by atoms with Crippen LogP contribution < -0.4 is 15.0 Å². The minimum Gasteiger partial charge on any atom is -0.497 e. The van der Waals surface area contributed by atoms with E-state index < -0.39 is 0 Å². The van der Waals surface area contributed by atoms with Gasteiger partial charge in [-0.25, -0.2) is 4.39 Å². The molecular weight excluding hydrogens is 453 g/mol. The first-order valence-electron chi connectivity index (χ1n) is 10.4. The molecule has 0 saturated heterocycles. The number of hydrogen-bond donors (Lipinski definition) is 1. The number of rotatable bonds is 7. The molecule has 0 radical (unpaired) electrons. The molecule has 172 valence electrons. The van der Waals surface area contributed by atoms with Gasteiger partial charge in [0.1, 0.15) is 11.6 Å². The number of guanidine groups is 1. The number of aromatic nitrogens is 1. The van der Waals surface area contributed by atoms with Crippen LogP contribution in [0.1, 0.15) is 27.8 Å². The van der Waals surface area contributed by atoms with Gasteiger partial charge >= 0.3 is 0 Å². The first-order chi connectivity index (χ1) is 15.8. The van der Waals surface area contributed by atoms with E-state index in [9.17, 15) is 4.39 Å². The Morgan fingerprint density at radius 3 is 2.52 bits per heavy atom. The highest BCUT2D eigenvalue weighted by Crippen LogP contribution is 2.34. The number of hydrogen-bond acceptors (Lipinski definition) is 3. The van der Waals surface area contributed by atoms with E-state index in [1.807, 2.05) is 54.3 Å². The molecular formula is C25H29FN4OP2. The lowest BCUT2D eigenvalue weighted by atomic mass is 10.1. The molecule has 1 aromatic heterocycles. The van der Waals surface area contributed by atoms with E-state index in [0.717, 1.165) is 28.3 Å². The minimum absolute atomic E-state index is 0.113. The van der Waals surface area contributed by atoms with Crippen molar-refractivity contribution >= 4 is 35.8 Å². The van der Waals surface area contributed by atoms with Gasteiger partial charge in [-0.2, -0.15) is 0 Å². The molecule has 3 aromatic rings. The van der Waals surface area contributed by atoms with E-state index in [0.29, 0.717) is 23.8 Å². The van der Waals surface area contributed by atoms with Gasteiger partial charge in [0.25, 0.3) is 0 Å². The second-order valence-corrected chi connectivity index (χ2v) is 9.71. The Hall–Kier alpha value is -2.81. The number of methoxy groups -OCH3 is 1. The van der Waals surface area contributed by atoms with Crippen molar-refractivity contribution in [3.63, 3.8) is 0 Å². The van der Waals surface area contributed by atoms with Crippen LogP contribution in [0.2, 0.25) is 0 Å². The second-order valence-electron chi connectivity index (χ2n) is 7.50. The van der Waals surface area contributed by atoms with Crippen molar-refractivity contribution in [2.75, 3.05) is 19.1 Å². The van der Waals surface area contributed by atoms with Crippen LogP contribution >= 0.6 is 18.5 Å². The van der Waals surface area contributed by atoms with Crippen LogP contribution in [0.15, 0.2) is 72.4 Å². The van der Waals surface area contributed by atoms with Crippen molar-refractivity contribution in [1.29, 1.82) is 0 Å². The topological polar surface area (TPSA) is 49.8 Å². The molecule has 5 nitrogen and oxygen atoms in total. The Morgan fingerprint density at radius 1 is 1.18 bits per heavy atom. The number of nitrogens with zero attached hydrogens (tertiary/aromatic N) is 3. The number of benzene rings is 2. The van der Waals surface area contributed by atoms with Crippen molar-refractivity contribution in [1.82, 2.24) is 10.3 Å². The van der Waals surface area contributed by atoms with Gasteiger partial charge in [0.05, 0.1) is 13.7 Å². The molecule has 1 heterocycles. The molecule has 2 atom stereocenters. The Balaban J connectivity index is 1.98. The molecule has 0 aliphatic carbocycles. The highest BCUT2D eigenvalue weighted by Gasteiger charge is 2.18. The van der Waals surface area contributed by atoms with Crippen molar-refractivity contribution in [2.45, 2.75) is 18.9 Å². The number of aliphatic imine (C=N–C) groups is 1. The van der Waals surface area contributed by atoms with Crippen LogP contribution in [0.4, 0.5) is 10.1 Å². The Kier molecular flexibility index (Phi) is 8.55. The van der Waals surface area contributed by atoms with Crippen LogP contribution in [-0.4, -0.2) is 25.1 Å². The van der Waals surface area contributed by atoms with Gasteiger partial charge in [-0.3, -0.25) is 9.98 Å². The van der Waals surface area contributed by atoms with E-state index in [4.69, 9.17) is 4.74 Å². The van der Waals surface area contributed by atoms with Gasteiger partial charge in [0.15, 0.2) is 0 Å². The molecule has 0 saturated carbocycles. The Labute approximate surface area is 199 Å². The fourth-order valence-corrected chi connectivity index (χ4v) is 3.85. The first-order valence-corrected chi connectivity index (χ1v) is 11.7. The first kappa shape index (κ1) is 24.8. The summed E-state index contributed by atoms with van der Waals surface area (Å²) in [4.78, 5) is 10.8. The predicted molar refractivity (Wildman–Crippen MR) is 142 cm³/mol. The smallest absolute Gasteiger partial charge is 0.203 e. The number of halogens is 1. The average molecular weight is 482 g/mol. The number of anilines is 1. The van der Waals surface area contributed by atoms with Crippen LogP contribution in [0.3, 0.4) is 0 Å². The van der Waals surface area contributed by atoms with E-state index in [2.05, 4.69) is 40.4 Å². The van der Waals surface area contributed by atoms with Crippen molar-refractivity contribution in [2.24, 2.45) is 4.99 Å². The largest absolute Gasteiger partial charge is 0.497 e. The zero-order valence-electron chi connectivity index (χ0n) is 19.0. The van der Waals surface area contributed by atoms with Crippen LogP contribution in [0.5, 0.6) is 5.75 Å². The molecule has 2 aromatic carbocycles. The third-order valence-corrected chi connectivity index (χ3v) is 5.84. The maximum atomic E-state index is 14.4. The van der Waals surface area contributed by atoms with E-state index >= 15 is 0 Å². The van der Waals surface area contributed by atoms with E-state index in [1.165, 1.54) is 6.07 Å². The minimum atomic E-state index is -0.252. The molecule has 33 heavy (non-hydrogen) atoms. The Morgan fingerprint density at radius 2 is 1.91 bits per heavy atom. The normalized spacial score (nSPS) is 11.4. The third-order valence-electron chi connectivity index (χ3n) is 5.13. The van der Waals surface area contributed by atoms with Crippen molar-refractivity contribution < 1.29 is 9.13 Å². The molecule has 8 heteroatoms. The molecule has 1 N–H and O–H groups in total. The number of pyridine rings is 1. The lowest BCUT2D eigenvalue weighted by Crippen LogP contribution is -2.40. The van der Waals surface area contributed by atoms with Gasteiger partial charge in [0.2, 0.25) is 5.96 Å². The lowest BCUT2D eigenvalue weighted by molar-refractivity contribution is 0.414. The van der Waals surface area contributed by atoms with Gasteiger partial charge in [-0.15, -0.1) is 18.5 Å². The summed E-state index contributed by atoms with van der Waals surface area (Å²) in [5.41, 5.74) is 4.95. The van der Waals surface area contributed by atoms with Gasteiger partial charge < -0.3 is 15.0 Å². The second kappa shape index (κ2) is 11.4. The summed E-state index contributed by atoms with van der Waals surface area (Å²) in [5, 5.41) is 3.23. The van der Waals surface area contributed by atoms with E-state index in [-0.39, 0.29) is 11.2 Å². The molecule has 0 bridgehead atoms. The predicted octanol–water partition coefficient (Wildman–Crippen LogP) is 5.54. The summed E-state index contributed by atoms with van der Waals surface area (Å²) in [5.74, 6) is 1.12. The number of nitrogens with one attached hydrogen (secondary N) is 1. The van der Waals surface area contributed by atoms with Gasteiger partial charge in [-0.1, -0.05) is 18.7 Å². The standard InChI is InChI=1S/C25H29FN4OP2/c1-16-13-19(11-12-28-16)17(2)29-25(27-3)30(15-18-5-8-21(31-4)9-6-18)20-7-10-23(26)22(14-20)24(32)33/h5-14,24H,2,15,32-33H2,1,3-4H3,(H,27,29). The van der Waals surface area contributed by atoms with Gasteiger partial charge in [-0.05, 0) is 55.0 Å². The SMILES string of the molecule is C=C(NC(=NC)N(Cc1ccc(OC)cc1)c1ccc(F)c(C(P)P)c1)c1ccnc(C)c1. The zero-order valence-corrected chi connectivity index (χ0v) is 21.4.